The molecule has 9 heteroatoms. The molecule has 0 aliphatic heterocycles. The molecule has 25 heavy (non-hydrogen) atoms. The summed E-state index contributed by atoms with van der Waals surface area (Å²) in [6.07, 6.45) is 0. The van der Waals surface area contributed by atoms with Crippen LogP contribution in [0.2, 0.25) is 0 Å². The van der Waals surface area contributed by atoms with Crippen molar-refractivity contribution in [2.45, 2.75) is 13.5 Å². The lowest BCUT2D eigenvalue weighted by atomic mass is 10.2. The predicted octanol–water partition coefficient (Wildman–Crippen LogP) is 4.73. The minimum atomic E-state index is -1.60. The van der Waals surface area contributed by atoms with Gasteiger partial charge in [-0.1, -0.05) is 29.5 Å². The van der Waals surface area contributed by atoms with E-state index >= 15 is 0 Å². The average Bonchev–Trinajstić information content (AvgIpc) is 3.03. The maximum absolute atomic E-state index is 13.5. The Kier molecular flexibility index (Phi) is 4.84. The summed E-state index contributed by atoms with van der Waals surface area (Å²) in [5, 5.41) is 11.5. The Morgan fingerprint density at radius 2 is 1.72 bits per heavy atom. The van der Waals surface area contributed by atoms with Gasteiger partial charge in [0.25, 0.3) is 0 Å². The fraction of sp³-hybridized carbons (Fsp3) is 0.125. The Hall–Kier alpha value is -2.68. The molecule has 0 amide bonds. The standard InChI is InChI=1S/C16H11F4N3OS/c1-8-4-2-3-5-11(8)21-16-23-22-12(25-16)7-24-15-13(19)9(17)6-10(18)14(15)20/h2-6H,7H2,1H3,(H,21,23). The number of halogens is 4. The lowest BCUT2D eigenvalue weighted by Gasteiger charge is -2.07. The monoisotopic (exact) mass is 369 g/mol. The van der Waals surface area contributed by atoms with Crippen molar-refractivity contribution in [3.63, 3.8) is 0 Å². The van der Waals surface area contributed by atoms with E-state index in [1.807, 2.05) is 31.2 Å². The molecule has 1 heterocycles. The van der Waals surface area contributed by atoms with Crippen LogP contribution in [0.4, 0.5) is 28.4 Å². The molecule has 0 saturated carbocycles. The molecule has 0 fully saturated rings. The molecule has 2 aromatic carbocycles. The maximum atomic E-state index is 13.5. The highest BCUT2D eigenvalue weighted by Crippen LogP contribution is 2.28. The van der Waals surface area contributed by atoms with Crippen molar-refractivity contribution < 1.29 is 22.3 Å². The van der Waals surface area contributed by atoms with Crippen LogP contribution in [-0.4, -0.2) is 10.2 Å². The first kappa shape index (κ1) is 17.2. The van der Waals surface area contributed by atoms with Gasteiger partial charge in [-0.2, -0.15) is 8.78 Å². The van der Waals surface area contributed by atoms with Crippen LogP contribution < -0.4 is 10.1 Å². The molecule has 0 unspecified atom stereocenters. The zero-order valence-corrected chi connectivity index (χ0v) is 13.6. The number of aryl methyl sites for hydroxylation is 1. The largest absolute Gasteiger partial charge is 0.480 e. The second kappa shape index (κ2) is 7.06. The summed E-state index contributed by atoms with van der Waals surface area (Å²) in [6, 6.07) is 7.63. The van der Waals surface area contributed by atoms with Gasteiger partial charge in [-0.15, -0.1) is 10.2 Å². The van der Waals surface area contributed by atoms with E-state index in [2.05, 4.69) is 15.5 Å². The molecule has 0 aliphatic carbocycles. The number of anilines is 2. The third-order valence-electron chi connectivity index (χ3n) is 3.27. The zero-order chi connectivity index (χ0) is 18.0. The highest BCUT2D eigenvalue weighted by molar-refractivity contribution is 7.15. The minimum absolute atomic E-state index is 0.118. The van der Waals surface area contributed by atoms with Gasteiger partial charge < -0.3 is 10.1 Å². The quantitative estimate of drug-likeness (QED) is 0.522. The molecule has 0 bridgehead atoms. The number of nitrogens with one attached hydrogen (secondary N) is 1. The molecule has 0 atom stereocenters. The SMILES string of the molecule is Cc1ccccc1Nc1nnc(COc2c(F)c(F)cc(F)c2F)s1. The van der Waals surface area contributed by atoms with Crippen molar-refractivity contribution in [3.05, 3.63) is 64.2 Å². The van der Waals surface area contributed by atoms with Crippen LogP contribution in [0.3, 0.4) is 0 Å². The van der Waals surface area contributed by atoms with Crippen LogP contribution in [0, 0.1) is 30.2 Å². The van der Waals surface area contributed by atoms with Gasteiger partial charge in [-0.05, 0) is 18.6 Å². The van der Waals surface area contributed by atoms with E-state index in [-0.39, 0.29) is 17.7 Å². The number of ether oxygens (including phenoxy) is 1. The average molecular weight is 369 g/mol. The van der Waals surface area contributed by atoms with E-state index in [0.29, 0.717) is 5.13 Å². The summed E-state index contributed by atoms with van der Waals surface area (Å²) in [6.45, 7) is 1.53. The molecule has 0 radical (unpaired) electrons. The number of nitrogens with zero attached hydrogens (tertiary/aromatic N) is 2. The maximum Gasteiger partial charge on any atom is 0.210 e. The molecule has 0 saturated heterocycles. The van der Waals surface area contributed by atoms with E-state index in [4.69, 9.17) is 4.74 Å². The first-order valence-corrected chi connectivity index (χ1v) is 7.88. The molecule has 1 N–H and O–H groups in total. The molecular weight excluding hydrogens is 358 g/mol. The molecule has 0 aliphatic rings. The zero-order valence-electron chi connectivity index (χ0n) is 12.8. The molecule has 0 spiro atoms. The lowest BCUT2D eigenvalue weighted by molar-refractivity contribution is 0.260. The Bertz CT molecular complexity index is 890. The van der Waals surface area contributed by atoms with E-state index in [1.165, 1.54) is 0 Å². The first-order valence-electron chi connectivity index (χ1n) is 7.06. The summed E-state index contributed by atoms with van der Waals surface area (Å²) in [7, 11) is 0. The summed E-state index contributed by atoms with van der Waals surface area (Å²) < 4.78 is 58.2. The van der Waals surface area contributed by atoms with Crippen molar-refractivity contribution >= 4 is 22.2 Å². The van der Waals surface area contributed by atoms with Crippen LogP contribution in [0.5, 0.6) is 5.75 Å². The highest BCUT2D eigenvalue weighted by atomic mass is 32.1. The van der Waals surface area contributed by atoms with E-state index in [9.17, 15) is 17.6 Å². The van der Waals surface area contributed by atoms with Gasteiger partial charge in [0.1, 0.15) is 6.61 Å². The molecule has 1 aromatic heterocycles. The Morgan fingerprint density at radius 1 is 1.04 bits per heavy atom. The Labute approximate surface area is 144 Å². The number of benzene rings is 2. The molecular formula is C16H11F4N3OS. The number of hydrogen-bond donors (Lipinski definition) is 1. The number of hydrogen-bond acceptors (Lipinski definition) is 5. The molecule has 3 aromatic rings. The van der Waals surface area contributed by atoms with E-state index < -0.39 is 29.0 Å². The summed E-state index contributed by atoms with van der Waals surface area (Å²) in [4.78, 5) is 0. The minimum Gasteiger partial charge on any atom is -0.480 e. The highest BCUT2D eigenvalue weighted by Gasteiger charge is 2.21. The molecule has 4 nitrogen and oxygen atoms in total. The van der Waals surface area contributed by atoms with Crippen LogP contribution in [0.1, 0.15) is 10.6 Å². The van der Waals surface area contributed by atoms with Gasteiger partial charge in [-0.25, -0.2) is 8.78 Å². The number of para-hydroxylation sites is 1. The van der Waals surface area contributed by atoms with Crippen molar-refractivity contribution in [1.29, 1.82) is 0 Å². The fourth-order valence-corrected chi connectivity index (χ4v) is 2.67. The van der Waals surface area contributed by atoms with Gasteiger partial charge in [0.05, 0.1) is 0 Å². The number of rotatable bonds is 5. The van der Waals surface area contributed by atoms with Crippen molar-refractivity contribution in [1.82, 2.24) is 10.2 Å². The Balaban J connectivity index is 1.72. The molecule has 130 valence electrons. The van der Waals surface area contributed by atoms with Crippen LogP contribution in [0.15, 0.2) is 30.3 Å². The van der Waals surface area contributed by atoms with E-state index in [1.54, 1.807) is 0 Å². The Morgan fingerprint density at radius 3 is 2.40 bits per heavy atom. The van der Waals surface area contributed by atoms with Gasteiger partial charge in [-0.3, -0.25) is 0 Å². The smallest absolute Gasteiger partial charge is 0.210 e. The number of aromatic nitrogens is 2. The van der Waals surface area contributed by atoms with Gasteiger partial charge >= 0.3 is 0 Å². The van der Waals surface area contributed by atoms with Gasteiger partial charge in [0.2, 0.25) is 16.8 Å². The second-order valence-corrected chi connectivity index (χ2v) is 6.09. The van der Waals surface area contributed by atoms with E-state index in [0.717, 1.165) is 22.6 Å². The van der Waals surface area contributed by atoms with Gasteiger partial charge in [0, 0.05) is 11.8 Å². The third-order valence-corrected chi connectivity index (χ3v) is 4.08. The van der Waals surface area contributed by atoms with Crippen molar-refractivity contribution in [2.75, 3.05) is 5.32 Å². The summed E-state index contributed by atoms with van der Waals surface area (Å²) in [5.41, 5.74) is 1.82. The topological polar surface area (TPSA) is 47.0 Å². The normalized spacial score (nSPS) is 10.8. The van der Waals surface area contributed by atoms with Crippen LogP contribution in [0.25, 0.3) is 0 Å². The predicted molar refractivity (Wildman–Crippen MR) is 85.0 cm³/mol. The van der Waals surface area contributed by atoms with Crippen molar-refractivity contribution in [3.8, 4) is 5.75 Å². The van der Waals surface area contributed by atoms with Crippen molar-refractivity contribution in [2.24, 2.45) is 0 Å². The van der Waals surface area contributed by atoms with Gasteiger partial charge in [0.15, 0.2) is 22.4 Å². The fourth-order valence-electron chi connectivity index (χ4n) is 2.00. The second-order valence-electron chi connectivity index (χ2n) is 5.03. The third kappa shape index (κ3) is 3.71. The van der Waals surface area contributed by atoms with Crippen LogP contribution in [-0.2, 0) is 6.61 Å². The summed E-state index contributed by atoms with van der Waals surface area (Å²) >= 11 is 1.09. The summed E-state index contributed by atoms with van der Waals surface area (Å²) in [5.74, 6) is -7.38. The molecule has 3 rings (SSSR count). The lowest BCUT2D eigenvalue weighted by Crippen LogP contribution is -2.03. The first-order chi connectivity index (χ1) is 12.0. The van der Waals surface area contributed by atoms with Crippen LogP contribution >= 0.6 is 11.3 Å².